The number of aromatic nitrogens is 2. The van der Waals surface area contributed by atoms with Gasteiger partial charge in [0.15, 0.2) is 0 Å². The third-order valence-electron chi connectivity index (χ3n) is 2.90. The molecule has 2 N–H and O–H groups in total. The maximum Gasteiger partial charge on any atom is 0.138 e. The quantitative estimate of drug-likeness (QED) is 0.854. The van der Waals surface area contributed by atoms with E-state index in [-0.39, 0.29) is 5.41 Å². The van der Waals surface area contributed by atoms with E-state index in [2.05, 4.69) is 60.4 Å². The Bertz CT molecular complexity index is 421. The first-order valence-corrected chi connectivity index (χ1v) is 6.71. The minimum atomic E-state index is -0.0583. The SMILES string of the molecule is CNc1nc(C(C)(C)C)nc(NCCN(C)C)c1C. The van der Waals surface area contributed by atoms with Gasteiger partial charge in [-0.05, 0) is 21.0 Å². The summed E-state index contributed by atoms with van der Waals surface area (Å²) in [7, 11) is 6.02. The highest BCUT2D eigenvalue weighted by Gasteiger charge is 2.20. The number of hydrogen-bond acceptors (Lipinski definition) is 5. The highest BCUT2D eigenvalue weighted by Crippen LogP contribution is 2.25. The van der Waals surface area contributed by atoms with E-state index in [0.29, 0.717) is 0 Å². The Kier molecular flexibility index (Phi) is 5.11. The highest BCUT2D eigenvalue weighted by molar-refractivity contribution is 5.57. The van der Waals surface area contributed by atoms with Gasteiger partial charge in [0.2, 0.25) is 0 Å². The summed E-state index contributed by atoms with van der Waals surface area (Å²) in [5, 5.41) is 6.54. The van der Waals surface area contributed by atoms with Crippen molar-refractivity contribution in [1.82, 2.24) is 14.9 Å². The molecule has 0 saturated carbocycles. The lowest BCUT2D eigenvalue weighted by molar-refractivity contribution is 0.425. The summed E-state index contributed by atoms with van der Waals surface area (Å²) in [5.74, 6) is 2.67. The molecule has 5 nitrogen and oxygen atoms in total. The van der Waals surface area contributed by atoms with Crippen LogP contribution in [0, 0.1) is 6.92 Å². The summed E-state index contributed by atoms with van der Waals surface area (Å²) < 4.78 is 0. The van der Waals surface area contributed by atoms with E-state index in [0.717, 1.165) is 36.1 Å². The predicted molar refractivity (Wildman–Crippen MR) is 82.1 cm³/mol. The second-order valence-corrected chi connectivity index (χ2v) is 6.10. The van der Waals surface area contributed by atoms with Gasteiger partial charge < -0.3 is 15.5 Å². The van der Waals surface area contributed by atoms with Gasteiger partial charge >= 0.3 is 0 Å². The lowest BCUT2D eigenvalue weighted by Crippen LogP contribution is -2.23. The van der Waals surface area contributed by atoms with Crippen LogP contribution in [-0.2, 0) is 5.41 Å². The molecule has 19 heavy (non-hydrogen) atoms. The maximum absolute atomic E-state index is 4.67. The molecular formula is C14H27N5. The molecule has 0 amide bonds. The summed E-state index contributed by atoms with van der Waals surface area (Å²) in [6, 6.07) is 0. The Balaban J connectivity index is 3.01. The van der Waals surface area contributed by atoms with Crippen molar-refractivity contribution in [1.29, 1.82) is 0 Å². The fourth-order valence-electron chi connectivity index (χ4n) is 1.67. The van der Waals surface area contributed by atoms with Crippen molar-refractivity contribution >= 4 is 11.6 Å². The predicted octanol–water partition coefficient (Wildman–Crippen LogP) is 2.10. The van der Waals surface area contributed by atoms with Crippen LogP contribution in [0.4, 0.5) is 11.6 Å². The first-order valence-electron chi connectivity index (χ1n) is 6.71. The van der Waals surface area contributed by atoms with E-state index in [1.165, 1.54) is 0 Å². The molecule has 0 aromatic carbocycles. The van der Waals surface area contributed by atoms with Gasteiger partial charge in [0, 0.05) is 31.1 Å². The van der Waals surface area contributed by atoms with E-state index >= 15 is 0 Å². The van der Waals surface area contributed by atoms with Gasteiger partial charge in [0.25, 0.3) is 0 Å². The number of likely N-dealkylation sites (N-methyl/N-ethyl adjacent to an activating group) is 1. The molecule has 0 unspecified atom stereocenters. The van der Waals surface area contributed by atoms with Crippen LogP contribution in [0.25, 0.3) is 0 Å². The topological polar surface area (TPSA) is 53.1 Å². The average Bonchev–Trinajstić information content (AvgIpc) is 2.29. The van der Waals surface area contributed by atoms with E-state index in [1.807, 2.05) is 14.0 Å². The molecule has 5 heteroatoms. The van der Waals surface area contributed by atoms with Crippen molar-refractivity contribution in [3.63, 3.8) is 0 Å². The molecule has 1 aromatic heterocycles. The van der Waals surface area contributed by atoms with E-state index < -0.39 is 0 Å². The Hall–Kier alpha value is -1.36. The molecule has 1 heterocycles. The molecule has 0 aliphatic heterocycles. The highest BCUT2D eigenvalue weighted by atomic mass is 15.1. The third kappa shape index (κ3) is 4.35. The van der Waals surface area contributed by atoms with Gasteiger partial charge in [-0.2, -0.15) is 0 Å². The monoisotopic (exact) mass is 265 g/mol. The molecule has 0 saturated heterocycles. The largest absolute Gasteiger partial charge is 0.373 e. The summed E-state index contributed by atoms with van der Waals surface area (Å²) >= 11 is 0. The molecule has 0 radical (unpaired) electrons. The summed E-state index contributed by atoms with van der Waals surface area (Å²) in [5.41, 5.74) is 1.01. The Morgan fingerprint density at radius 1 is 1.11 bits per heavy atom. The molecule has 108 valence electrons. The Morgan fingerprint density at radius 2 is 1.68 bits per heavy atom. The van der Waals surface area contributed by atoms with Gasteiger partial charge in [0.05, 0.1) is 0 Å². The molecule has 1 aromatic rings. The zero-order valence-electron chi connectivity index (χ0n) is 13.3. The van der Waals surface area contributed by atoms with Gasteiger partial charge in [-0.3, -0.25) is 0 Å². The molecule has 0 bridgehead atoms. The second kappa shape index (κ2) is 6.19. The van der Waals surface area contributed by atoms with Crippen molar-refractivity contribution in [3.8, 4) is 0 Å². The van der Waals surface area contributed by atoms with E-state index in [9.17, 15) is 0 Å². The van der Waals surface area contributed by atoms with Crippen LogP contribution in [0.15, 0.2) is 0 Å². The van der Waals surface area contributed by atoms with Gasteiger partial charge in [-0.1, -0.05) is 20.8 Å². The minimum absolute atomic E-state index is 0.0583. The zero-order chi connectivity index (χ0) is 14.6. The van der Waals surface area contributed by atoms with Crippen LogP contribution in [0.5, 0.6) is 0 Å². The number of anilines is 2. The molecule has 0 fully saturated rings. The third-order valence-corrected chi connectivity index (χ3v) is 2.90. The molecule has 0 atom stereocenters. The zero-order valence-corrected chi connectivity index (χ0v) is 13.3. The van der Waals surface area contributed by atoms with Gasteiger partial charge in [-0.25, -0.2) is 9.97 Å². The molecule has 0 aliphatic carbocycles. The van der Waals surface area contributed by atoms with Crippen LogP contribution in [0.2, 0.25) is 0 Å². The van der Waals surface area contributed by atoms with Crippen molar-refractivity contribution in [2.75, 3.05) is 44.9 Å². The van der Waals surface area contributed by atoms with Crippen molar-refractivity contribution < 1.29 is 0 Å². The van der Waals surface area contributed by atoms with Crippen LogP contribution in [0.3, 0.4) is 0 Å². The number of rotatable bonds is 5. The number of nitrogens with zero attached hydrogens (tertiary/aromatic N) is 3. The molecule has 1 rings (SSSR count). The van der Waals surface area contributed by atoms with Crippen LogP contribution in [0.1, 0.15) is 32.2 Å². The maximum atomic E-state index is 4.67. The lowest BCUT2D eigenvalue weighted by atomic mass is 9.95. The normalized spacial score (nSPS) is 11.8. The van der Waals surface area contributed by atoms with Crippen molar-refractivity contribution in [3.05, 3.63) is 11.4 Å². The minimum Gasteiger partial charge on any atom is -0.373 e. The summed E-state index contributed by atoms with van der Waals surface area (Å²) in [6.07, 6.45) is 0. The van der Waals surface area contributed by atoms with Crippen molar-refractivity contribution in [2.45, 2.75) is 33.1 Å². The number of nitrogens with one attached hydrogen (secondary N) is 2. The second-order valence-electron chi connectivity index (χ2n) is 6.10. The van der Waals surface area contributed by atoms with E-state index in [4.69, 9.17) is 0 Å². The smallest absolute Gasteiger partial charge is 0.138 e. The summed E-state index contributed by atoms with van der Waals surface area (Å²) in [6.45, 7) is 10.3. The number of hydrogen-bond donors (Lipinski definition) is 2. The molecule has 0 aliphatic rings. The first-order chi connectivity index (χ1) is 8.75. The first kappa shape index (κ1) is 15.7. The Labute approximate surface area is 116 Å². The van der Waals surface area contributed by atoms with Crippen LogP contribution in [-0.4, -0.2) is 49.1 Å². The fourth-order valence-corrected chi connectivity index (χ4v) is 1.67. The summed E-state index contributed by atoms with van der Waals surface area (Å²) in [4.78, 5) is 11.4. The van der Waals surface area contributed by atoms with Gasteiger partial charge in [0.1, 0.15) is 17.5 Å². The molecule has 0 spiro atoms. The average molecular weight is 265 g/mol. The Morgan fingerprint density at radius 3 is 2.16 bits per heavy atom. The van der Waals surface area contributed by atoms with Crippen molar-refractivity contribution in [2.24, 2.45) is 0 Å². The van der Waals surface area contributed by atoms with Gasteiger partial charge in [-0.15, -0.1) is 0 Å². The lowest BCUT2D eigenvalue weighted by Gasteiger charge is -2.21. The fraction of sp³-hybridized carbons (Fsp3) is 0.714. The standard InChI is InChI=1S/C14H27N5/c1-10-11(15-5)17-13(14(2,3)4)18-12(10)16-8-9-19(6)7/h8-9H2,1-7H3,(H2,15,16,17,18). The van der Waals surface area contributed by atoms with Crippen LogP contribution >= 0.6 is 0 Å². The van der Waals surface area contributed by atoms with Crippen LogP contribution < -0.4 is 10.6 Å². The molecular weight excluding hydrogens is 238 g/mol. The van der Waals surface area contributed by atoms with E-state index in [1.54, 1.807) is 0 Å².